The summed E-state index contributed by atoms with van der Waals surface area (Å²) in [5, 5.41) is 7.60. The lowest BCUT2D eigenvalue weighted by Crippen LogP contribution is -2.20. The first-order valence-corrected chi connectivity index (χ1v) is 6.43. The van der Waals surface area contributed by atoms with E-state index >= 15 is 0 Å². The maximum absolute atomic E-state index is 13.1. The minimum absolute atomic E-state index is 0.181. The number of nitrogens with one attached hydrogen (secondary N) is 1. The van der Waals surface area contributed by atoms with Gasteiger partial charge in [0.1, 0.15) is 5.82 Å². The third-order valence-corrected chi connectivity index (χ3v) is 3.73. The van der Waals surface area contributed by atoms with Crippen LogP contribution in [0.15, 0.2) is 24.4 Å². The van der Waals surface area contributed by atoms with Gasteiger partial charge in [0.2, 0.25) is 0 Å². The standard InChI is InChI=1S/C15H20FN3/c1-10-7-13(16)6-5-12(10)8-15(17-3)14-9-18-19(4)11(14)2/h5-7,9,15,17H,8H2,1-4H3. The Morgan fingerprint density at radius 2 is 2.11 bits per heavy atom. The Morgan fingerprint density at radius 3 is 2.63 bits per heavy atom. The number of aryl methyl sites for hydroxylation is 2. The molecule has 1 unspecified atom stereocenters. The molecule has 4 heteroatoms. The lowest BCUT2D eigenvalue weighted by Gasteiger charge is -2.17. The fourth-order valence-corrected chi connectivity index (χ4v) is 2.33. The highest BCUT2D eigenvalue weighted by Crippen LogP contribution is 2.22. The van der Waals surface area contributed by atoms with Crippen molar-refractivity contribution in [1.82, 2.24) is 15.1 Å². The summed E-state index contributed by atoms with van der Waals surface area (Å²) in [4.78, 5) is 0. The van der Waals surface area contributed by atoms with Gasteiger partial charge in [-0.2, -0.15) is 5.10 Å². The molecule has 2 rings (SSSR count). The van der Waals surface area contributed by atoms with Crippen molar-refractivity contribution in [2.45, 2.75) is 26.3 Å². The van der Waals surface area contributed by atoms with Crippen LogP contribution in [0.5, 0.6) is 0 Å². The summed E-state index contributed by atoms with van der Waals surface area (Å²) in [7, 11) is 3.88. The average molecular weight is 261 g/mol. The minimum Gasteiger partial charge on any atom is -0.313 e. The van der Waals surface area contributed by atoms with Crippen molar-refractivity contribution < 1.29 is 4.39 Å². The normalized spacial score (nSPS) is 12.7. The molecule has 1 aromatic heterocycles. The van der Waals surface area contributed by atoms with Gasteiger partial charge < -0.3 is 5.32 Å². The number of aromatic nitrogens is 2. The predicted molar refractivity (Wildman–Crippen MR) is 74.6 cm³/mol. The molecule has 0 radical (unpaired) electrons. The molecular weight excluding hydrogens is 241 g/mol. The van der Waals surface area contributed by atoms with Crippen LogP contribution in [0.2, 0.25) is 0 Å². The number of halogens is 1. The SMILES string of the molecule is CNC(Cc1ccc(F)cc1C)c1cnn(C)c1C. The van der Waals surface area contributed by atoms with E-state index in [1.54, 1.807) is 6.07 Å². The van der Waals surface area contributed by atoms with E-state index in [2.05, 4.69) is 17.3 Å². The van der Waals surface area contributed by atoms with E-state index in [9.17, 15) is 4.39 Å². The fourth-order valence-electron chi connectivity index (χ4n) is 2.33. The Hall–Kier alpha value is -1.68. The van der Waals surface area contributed by atoms with Crippen molar-refractivity contribution in [2.24, 2.45) is 7.05 Å². The fraction of sp³-hybridized carbons (Fsp3) is 0.400. The van der Waals surface area contributed by atoms with Crippen LogP contribution >= 0.6 is 0 Å². The number of hydrogen-bond donors (Lipinski definition) is 1. The van der Waals surface area contributed by atoms with Gasteiger partial charge in [-0.05, 0) is 50.6 Å². The molecular formula is C15H20FN3. The van der Waals surface area contributed by atoms with E-state index in [0.29, 0.717) is 0 Å². The third kappa shape index (κ3) is 2.84. The molecule has 0 bridgehead atoms. The van der Waals surface area contributed by atoms with Crippen molar-refractivity contribution in [1.29, 1.82) is 0 Å². The lowest BCUT2D eigenvalue weighted by atomic mass is 9.96. The van der Waals surface area contributed by atoms with Crippen LogP contribution < -0.4 is 5.32 Å². The number of benzene rings is 1. The van der Waals surface area contributed by atoms with Crippen molar-refractivity contribution in [3.05, 3.63) is 52.6 Å². The topological polar surface area (TPSA) is 29.9 Å². The number of hydrogen-bond acceptors (Lipinski definition) is 2. The van der Waals surface area contributed by atoms with E-state index < -0.39 is 0 Å². The number of rotatable bonds is 4. The maximum Gasteiger partial charge on any atom is 0.123 e. The summed E-state index contributed by atoms with van der Waals surface area (Å²) >= 11 is 0. The van der Waals surface area contributed by atoms with E-state index in [4.69, 9.17) is 0 Å². The smallest absolute Gasteiger partial charge is 0.123 e. The molecule has 0 amide bonds. The molecule has 3 nitrogen and oxygen atoms in total. The molecule has 1 aromatic carbocycles. The van der Waals surface area contributed by atoms with Crippen molar-refractivity contribution in [2.75, 3.05) is 7.05 Å². The first kappa shape index (κ1) is 13.7. The van der Waals surface area contributed by atoms with Crippen LogP contribution in [0.25, 0.3) is 0 Å². The summed E-state index contributed by atoms with van der Waals surface area (Å²) in [5.74, 6) is -0.181. The molecule has 19 heavy (non-hydrogen) atoms. The molecule has 1 N–H and O–H groups in total. The second-order valence-electron chi connectivity index (χ2n) is 4.93. The Kier molecular flexibility index (Phi) is 4.00. The van der Waals surface area contributed by atoms with Crippen LogP contribution in [-0.4, -0.2) is 16.8 Å². The quantitative estimate of drug-likeness (QED) is 0.917. The first-order chi connectivity index (χ1) is 9.02. The van der Waals surface area contributed by atoms with Crippen molar-refractivity contribution in [3.8, 4) is 0 Å². The zero-order valence-corrected chi connectivity index (χ0v) is 11.9. The molecule has 1 atom stereocenters. The number of nitrogens with zero attached hydrogens (tertiary/aromatic N) is 2. The van der Waals surface area contributed by atoms with Gasteiger partial charge in [-0.15, -0.1) is 0 Å². The highest BCUT2D eigenvalue weighted by atomic mass is 19.1. The Labute approximate surface area is 113 Å². The van der Waals surface area contributed by atoms with Gasteiger partial charge in [0.05, 0.1) is 6.20 Å². The van der Waals surface area contributed by atoms with Gasteiger partial charge in [0.25, 0.3) is 0 Å². The molecule has 1 heterocycles. The van der Waals surface area contributed by atoms with Gasteiger partial charge in [-0.3, -0.25) is 4.68 Å². The second-order valence-corrected chi connectivity index (χ2v) is 4.93. The van der Waals surface area contributed by atoms with Crippen molar-refractivity contribution >= 4 is 0 Å². The molecule has 0 aliphatic rings. The van der Waals surface area contributed by atoms with E-state index in [1.807, 2.05) is 38.0 Å². The summed E-state index contributed by atoms with van der Waals surface area (Å²) in [6, 6.07) is 5.15. The van der Waals surface area contributed by atoms with Crippen LogP contribution in [-0.2, 0) is 13.5 Å². The molecule has 0 fully saturated rings. The first-order valence-electron chi connectivity index (χ1n) is 6.43. The highest BCUT2D eigenvalue weighted by molar-refractivity contribution is 5.30. The van der Waals surface area contributed by atoms with Crippen molar-refractivity contribution in [3.63, 3.8) is 0 Å². The maximum atomic E-state index is 13.1. The molecule has 0 aliphatic carbocycles. The zero-order valence-electron chi connectivity index (χ0n) is 11.9. The second kappa shape index (κ2) is 5.53. The number of likely N-dealkylation sites (N-methyl/N-ethyl adjacent to an activating group) is 1. The van der Waals surface area contributed by atoms with Gasteiger partial charge >= 0.3 is 0 Å². The molecule has 0 spiro atoms. The molecule has 0 saturated heterocycles. The Balaban J connectivity index is 2.26. The third-order valence-electron chi connectivity index (χ3n) is 3.73. The Bertz CT molecular complexity index is 575. The molecule has 0 saturated carbocycles. The summed E-state index contributed by atoms with van der Waals surface area (Å²) < 4.78 is 15.0. The molecule has 2 aromatic rings. The van der Waals surface area contributed by atoms with Gasteiger partial charge in [0.15, 0.2) is 0 Å². The molecule has 0 aliphatic heterocycles. The predicted octanol–water partition coefficient (Wildman–Crippen LogP) is 2.68. The minimum atomic E-state index is -0.181. The van der Waals surface area contributed by atoms with Crippen LogP contribution in [0, 0.1) is 19.7 Å². The summed E-state index contributed by atoms with van der Waals surface area (Å²) in [5.41, 5.74) is 4.48. The van der Waals surface area contributed by atoms with Gasteiger partial charge in [0, 0.05) is 24.3 Å². The van der Waals surface area contributed by atoms with Crippen LogP contribution in [0.3, 0.4) is 0 Å². The molecule has 102 valence electrons. The van der Waals surface area contributed by atoms with Gasteiger partial charge in [-0.25, -0.2) is 4.39 Å². The average Bonchev–Trinajstić information content (AvgIpc) is 2.70. The van der Waals surface area contributed by atoms with Crippen LogP contribution in [0.1, 0.15) is 28.4 Å². The van der Waals surface area contributed by atoms with E-state index in [-0.39, 0.29) is 11.9 Å². The van der Waals surface area contributed by atoms with Gasteiger partial charge in [-0.1, -0.05) is 6.07 Å². The summed E-state index contributed by atoms with van der Waals surface area (Å²) in [6.45, 7) is 4.01. The van der Waals surface area contributed by atoms with Crippen LogP contribution in [0.4, 0.5) is 4.39 Å². The highest BCUT2D eigenvalue weighted by Gasteiger charge is 2.16. The monoisotopic (exact) mass is 261 g/mol. The lowest BCUT2D eigenvalue weighted by molar-refractivity contribution is 0.582. The zero-order chi connectivity index (χ0) is 14.0. The van der Waals surface area contributed by atoms with E-state index in [1.165, 1.54) is 11.6 Å². The summed E-state index contributed by atoms with van der Waals surface area (Å²) in [6.07, 6.45) is 2.73. The Morgan fingerprint density at radius 1 is 1.37 bits per heavy atom. The van der Waals surface area contributed by atoms with E-state index in [0.717, 1.165) is 23.2 Å². The largest absolute Gasteiger partial charge is 0.313 e.